The number of piperazine rings is 1. The van der Waals surface area contributed by atoms with Gasteiger partial charge in [0, 0.05) is 31.9 Å². The second-order valence-electron chi connectivity index (χ2n) is 7.31. The molecule has 7 nitrogen and oxygen atoms in total. The number of halogens is 2. The van der Waals surface area contributed by atoms with Gasteiger partial charge in [-0.05, 0) is 54.7 Å². The van der Waals surface area contributed by atoms with Crippen LogP contribution in [0.25, 0.3) is 0 Å². The number of carbonyl (C=O) groups is 2. The van der Waals surface area contributed by atoms with Crippen LogP contribution in [0.15, 0.2) is 65.3 Å². The lowest BCUT2D eigenvalue weighted by Crippen LogP contribution is -2.48. The number of carbonyl (C=O) groups excluding carboxylic acids is 2. The van der Waals surface area contributed by atoms with Crippen LogP contribution < -0.4 is 15.5 Å². The van der Waals surface area contributed by atoms with E-state index in [0.717, 1.165) is 5.69 Å². The molecule has 2 heterocycles. The number of furan rings is 1. The summed E-state index contributed by atoms with van der Waals surface area (Å²) in [5, 5.41) is 5.85. The van der Waals surface area contributed by atoms with Gasteiger partial charge in [0.1, 0.15) is 5.82 Å². The van der Waals surface area contributed by atoms with Crippen LogP contribution in [0.3, 0.4) is 0 Å². The molecular formula is C23H20ClFN4O3S. The molecule has 2 aromatic carbocycles. The minimum atomic E-state index is -0.643. The van der Waals surface area contributed by atoms with Crippen molar-refractivity contribution >= 4 is 52.1 Å². The molecule has 1 aromatic heterocycles. The highest BCUT2D eigenvalue weighted by molar-refractivity contribution is 7.80. The molecule has 33 heavy (non-hydrogen) atoms. The van der Waals surface area contributed by atoms with Crippen molar-refractivity contribution < 1.29 is 18.4 Å². The summed E-state index contributed by atoms with van der Waals surface area (Å²) in [5.74, 6) is -1.07. The number of hydrogen-bond acceptors (Lipinski definition) is 5. The zero-order valence-electron chi connectivity index (χ0n) is 17.4. The van der Waals surface area contributed by atoms with Gasteiger partial charge >= 0.3 is 0 Å². The minimum absolute atomic E-state index is 0.0251. The Morgan fingerprint density at radius 1 is 1.03 bits per heavy atom. The molecule has 2 N–H and O–H groups in total. The Balaban J connectivity index is 1.33. The maximum atomic E-state index is 13.8. The third kappa shape index (κ3) is 5.32. The summed E-state index contributed by atoms with van der Waals surface area (Å²) in [4.78, 5) is 28.5. The van der Waals surface area contributed by atoms with E-state index in [0.29, 0.717) is 42.6 Å². The fraction of sp³-hybridized carbons (Fsp3) is 0.174. The standard InChI is InChI=1S/C23H20ClFN4O3S/c24-17-14-15(26-23(33)27-21(30)16-4-1-2-5-18(16)25)7-8-19(17)28-9-11-29(12-10-28)22(31)20-6-3-13-32-20/h1-8,13-14H,9-12H2,(H2,26,27,30,33). The van der Waals surface area contributed by atoms with Crippen LogP contribution in [0, 0.1) is 5.82 Å². The van der Waals surface area contributed by atoms with Gasteiger partial charge in [-0.1, -0.05) is 23.7 Å². The van der Waals surface area contributed by atoms with E-state index in [4.69, 9.17) is 28.2 Å². The highest BCUT2D eigenvalue weighted by atomic mass is 35.5. The van der Waals surface area contributed by atoms with Gasteiger partial charge in [-0.25, -0.2) is 4.39 Å². The van der Waals surface area contributed by atoms with E-state index in [9.17, 15) is 14.0 Å². The molecule has 1 aliphatic heterocycles. The van der Waals surface area contributed by atoms with Gasteiger partial charge < -0.3 is 19.5 Å². The van der Waals surface area contributed by atoms with Crippen LogP contribution >= 0.6 is 23.8 Å². The van der Waals surface area contributed by atoms with Crippen molar-refractivity contribution in [2.45, 2.75) is 0 Å². The zero-order valence-corrected chi connectivity index (χ0v) is 19.0. The first kappa shape index (κ1) is 22.8. The van der Waals surface area contributed by atoms with Crippen molar-refractivity contribution in [1.29, 1.82) is 0 Å². The Hall–Kier alpha value is -3.43. The van der Waals surface area contributed by atoms with Gasteiger partial charge in [-0.3, -0.25) is 14.9 Å². The molecular weight excluding hydrogens is 467 g/mol. The average molecular weight is 487 g/mol. The molecule has 0 radical (unpaired) electrons. The Morgan fingerprint density at radius 2 is 1.79 bits per heavy atom. The first-order valence-electron chi connectivity index (χ1n) is 10.2. The molecule has 2 amide bonds. The normalized spacial score (nSPS) is 13.5. The lowest BCUT2D eigenvalue weighted by molar-refractivity contribution is 0.0714. The van der Waals surface area contributed by atoms with E-state index >= 15 is 0 Å². The van der Waals surface area contributed by atoms with Crippen molar-refractivity contribution in [1.82, 2.24) is 10.2 Å². The van der Waals surface area contributed by atoms with Crippen molar-refractivity contribution in [3.05, 3.63) is 83.0 Å². The number of rotatable bonds is 4. The molecule has 0 spiro atoms. The van der Waals surface area contributed by atoms with Crippen molar-refractivity contribution in [2.24, 2.45) is 0 Å². The Kier molecular flexibility index (Phi) is 6.90. The highest BCUT2D eigenvalue weighted by Gasteiger charge is 2.24. The Bertz CT molecular complexity index is 1180. The van der Waals surface area contributed by atoms with Gasteiger partial charge in [0.15, 0.2) is 10.9 Å². The molecule has 0 aliphatic carbocycles. The lowest BCUT2D eigenvalue weighted by atomic mass is 10.2. The number of hydrogen-bond donors (Lipinski definition) is 2. The monoisotopic (exact) mass is 486 g/mol. The summed E-state index contributed by atoms with van der Waals surface area (Å²) in [6.07, 6.45) is 1.48. The van der Waals surface area contributed by atoms with E-state index in [1.807, 2.05) is 6.07 Å². The Labute approximate surface area is 200 Å². The van der Waals surface area contributed by atoms with E-state index in [2.05, 4.69) is 15.5 Å². The number of nitrogens with zero attached hydrogens (tertiary/aromatic N) is 2. The molecule has 10 heteroatoms. The highest BCUT2D eigenvalue weighted by Crippen LogP contribution is 2.30. The van der Waals surface area contributed by atoms with Crippen LogP contribution in [-0.4, -0.2) is 48.0 Å². The predicted octanol–water partition coefficient (Wildman–Crippen LogP) is 4.16. The number of amides is 2. The summed E-state index contributed by atoms with van der Waals surface area (Å²) in [6.45, 7) is 2.33. The van der Waals surface area contributed by atoms with Crippen molar-refractivity contribution in [2.75, 3.05) is 36.4 Å². The second kappa shape index (κ2) is 10.0. The van der Waals surface area contributed by atoms with Crippen LogP contribution in [0.5, 0.6) is 0 Å². The predicted molar refractivity (Wildman–Crippen MR) is 128 cm³/mol. The first-order valence-corrected chi connectivity index (χ1v) is 10.9. The van der Waals surface area contributed by atoms with Gasteiger partial charge in [0.05, 0.1) is 22.5 Å². The van der Waals surface area contributed by atoms with E-state index in [-0.39, 0.29) is 16.6 Å². The number of thiocarbonyl (C=S) groups is 1. The van der Waals surface area contributed by atoms with Crippen molar-refractivity contribution in [3.8, 4) is 0 Å². The SMILES string of the molecule is O=C(NC(=S)Nc1ccc(N2CCN(C(=O)c3ccco3)CC2)c(Cl)c1)c1ccccc1F. The summed E-state index contributed by atoms with van der Waals surface area (Å²) in [7, 11) is 0. The zero-order chi connectivity index (χ0) is 23.4. The summed E-state index contributed by atoms with van der Waals surface area (Å²) >= 11 is 11.7. The maximum absolute atomic E-state index is 13.8. The lowest BCUT2D eigenvalue weighted by Gasteiger charge is -2.36. The summed E-state index contributed by atoms with van der Waals surface area (Å²) < 4.78 is 18.9. The van der Waals surface area contributed by atoms with Crippen LogP contribution in [0.1, 0.15) is 20.9 Å². The fourth-order valence-electron chi connectivity index (χ4n) is 3.53. The molecule has 1 saturated heterocycles. The first-order chi connectivity index (χ1) is 15.9. The third-order valence-corrected chi connectivity index (χ3v) is 5.70. The molecule has 0 unspecified atom stereocenters. The molecule has 170 valence electrons. The molecule has 0 saturated carbocycles. The van der Waals surface area contributed by atoms with Crippen LogP contribution in [0.4, 0.5) is 15.8 Å². The quantitative estimate of drug-likeness (QED) is 0.539. The number of benzene rings is 2. The van der Waals surface area contributed by atoms with E-state index < -0.39 is 11.7 Å². The molecule has 1 fully saturated rings. The van der Waals surface area contributed by atoms with Gasteiger partial charge in [-0.2, -0.15) is 0 Å². The van der Waals surface area contributed by atoms with E-state index in [1.54, 1.807) is 35.2 Å². The van der Waals surface area contributed by atoms with Crippen LogP contribution in [0.2, 0.25) is 5.02 Å². The molecule has 3 aromatic rings. The topological polar surface area (TPSA) is 77.8 Å². The molecule has 1 aliphatic rings. The third-order valence-electron chi connectivity index (χ3n) is 5.19. The molecule has 0 atom stereocenters. The smallest absolute Gasteiger partial charge is 0.289 e. The van der Waals surface area contributed by atoms with E-state index in [1.165, 1.54) is 24.5 Å². The van der Waals surface area contributed by atoms with Gasteiger partial charge in [0.2, 0.25) is 0 Å². The van der Waals surface area contributed by atoms with Gasteiger partial charge in [-0.15, -0.1) is 0 Å². The summed E-state index contributed by atoms with van der Waals surface area (Å²) in [6, 6.07) is 14.3. The van der Waals surface area contributed by atoms with Gasteiger partial charge in [0.25, 0.3) is 11.8 Å². The minimum Gasteiger partial charge on any atom is -0.459 e. The van der Waals surface area contributed by atoms with Crippen LogP contribution in [-0.2, 0) is 0 Å². The van der Waals surface area contributed by atoms with Crippen molar-refractivity contribution in [3.63, 3.8) is 0 Å². The largest absolute Gasteiger partial charge is 0.459 e. The fourth-order valence-corrected chi connectivity index (χ4v) is 4.04. The Morgan fingerprint density at radius 3 is 2.45 bits per heavy atom. The maximum Gasteiger partial charge on any atom is 0.289 e. The number of nitrogens with one attached hydrogen (secondary N) is 2. The molecule has 0 bridgehead atoms. The second-order valence-corrected chi connectivity index (χ2v) is 8.13. The molecule has 4 rings (SSSR count). The average Bonchev–Trinajstić information content (AvgIpc) is 3.34. The summed E-state index contributed by atoms with van der Waals surface area (Å²) in [5.41, 5.74) is 1.31. The number of anilines is 2.